The molecule has 0 aromatic carbocycles. The van der Waals surface area contributed by atoms with E-state index in [-0.39, 0.29) is 18.5 Å². The molecule has 460 valence electrons. The van der Waals surface area contributed by atoms with Gasteiger partial charge in [0.15, 0.2) is 0 Å². The predicted octanol–water partition coefficient (Wildman–Crippen LogP) is 22.7. The molecule has 0 rings (SSSR count). The normalized spacial score (nSPS) is 12.7. The van der Waals surface area contributed by atoms with Gasteiger partial charge in [0.1, 0.15) is 0 Å². The second kappa shape index (κ2) is 67.6. The third-order valence-corrected chi connectivity index (χ3v) is 16.4. The van der Waals surface area contributed by atoms with E-state index in [2.05, 4.69) is 43.5 Å². The maximum absolute atomic E-state index is 12.5. The summed E-state index contributed by atoms with van der Waals surface area (Å²) in [5.74, 6) is -0.0830. The number of nitrogens with one attached hydrogen (secondary N) is 1. The van der Waals surface area contributed by atoms with Crippen molar-refractivity contribution in [1.82, 2.24) is 5.32 Å². The standard InChI is InChI=1S/C72H137NO5/c1-3-5-7-9-11-13-15-17-19-21-23-24-25-26-27-29-32-36-40-44-48-52-56-60-64-70(75)69(68-74)73-71(76)65-61-57-53-49-45-41-37-33-30-28-31-35-39-43-47-51-55-59-63-67-78-72(77)66-62-58-54-50-46-42-38-34-22-20-18-16-14-12-10-8-6-4-2/h35,39,43,47,60,64,69-70,74-75H,3-34,36-38,40-42,44-46,48-59,61-63,65-68H2,1-2H3,(H,73,76)/b39-35-,47-43-,64-60+. The average molecular weight is 1100 g/mol. The minimum atomic E-state index is -0.853. The van der Waals surface area contributed by atoms with Crippen LogP contribution in [0.3, 0.4) is 0 Å². The van der Waals surface area contributed by atoms with Crippen LogP contribution in [0.5, 0.6) is 0 Å². The number of aliphatic hydroxyl groups excluding tert-OH is 2. The maximum Gasteiger partial charge on any atom is 0.305 e. The Kier molecular flexibility index (Phi) is 65.9. The van der Waals surface area contributed by atoms with E-state index in [1.165, 1.54) is 283 Å². The van der Waals surface area contributed by atoms with Crippen molar-refractivity contribution < 1.29 is 24.5 Å². The van der Waals surface area contributed by atoms with E-state index in [4.69, 9.17) is 4.74 Å². The van der Waals surface area contributed by atoms with E-state index in [0.29, 0.717) is 19.4 Å². The molecule has 2 atom stereocenters. The first-order chi connectivity index (χ1) is 38.5. The molecule has 3 N–H and O–H groups in total. The van der Waals surface area contributed by atoms with Gasteiger partial charge in [-0.1, -0.05) is 346 Å². The van der Waals surface area contributed by atoms with Crippen molar-refractivity contribution in [1.29, 1.82) is 0 Å². The Morgan fingerprint density at radius 1 is 0.359 bits per heavy atom. The summed E-state index contributed by atoms with van der Waals surface area (Å²) in [6.07, 6.45) is 86.5. The van der Waals surface area contributed by atoms with Crippen molar-refractivity contribution >= 4 is 11.9 Å². The van der Waals surface area contributed by atoms with Gasteiger partial charge in [0.25, 0.3) is 0 Å². The molecule has 0 aromatic rings. The molecule has 0 bridgehead atoms. The first kappa shape index (κ1) is 76.1. The molecule has 0 radical (unpaired) electrons. The fourth-order valence-electron chi connectivity index (χ4n) is 11.0. The number of esters is 1. The molecule has 78 heavy (non-hydrogen) atoms. The van der Waals surface area contributed by atoms with Crippen LogP contribution in [-0.2, 0) is 14.3 Å². The highest BCUT2D eigenvalue weighted by Crippen LogP contribution is 2.19. The molecular formula is C72H137NO5. The maximum atomic E-state index is 12.5. The van der Waals surface area contributed by atoms with Crippen LogP contribution >= 0.6 is 0 Å². The number of aliphatic hydroxyl groups is 2. The summed E-state index contributed by atoms with van der Waals surface area (Å²) < 4.78 is 5.48. The SMILES string of the molecule is CCCCCCCCCCCCCCCCCCCCCCCC/C=C/C(O)C(CO)NC(=O)CCCCCCCCCCCC/C=C\C=C/CCCCCOC(=O)CCCCCCCCCCCCCCCCCCCC. The molecule has 6 nitrogen and oxygen atoms in total. The molecule has 0 heterocycles. The van der Waals surface area contributed by atoms with Crippen LogP contribution < -0.4 is 5.32 Å². The average Bonchev–Trinajstić information content (AvgIpc) is 3.44. The van der Waals surface area contributed by atoms with E-state index in [9.17, 15) is 19.8 Å². The van der Waals surface area contributed by atoms with Gasteiger partial charge in [0, 0.05) is 12.8 Å². The Morgan fingerprint density at radius 2 is 0.628 bits per heavy atom. The van der Waals surface area contributed by atoms with Crippen LogP contribution in [0.4, 0.5) is 0 Å². The zero-order chi connectivity index (χ0) is 56.4. The molecule has 2 unspecified atom stereocenters. The lowest BCUT2D eigenvalue weighted by Gasteiger charge is -2.20. The zero-order valence-electron chi connectivity index (χ0n) is 52.7. The van der Waals surface area contributed by atoms with Crippen molar-refractivity contribution in [3.05, 3.63) is 36.5 Å². The summed E-state index contributed by atoms with van der Waals surface area (Å²) in [7, 11) is 0. The summed E-state index contributed by atoms with van der Waals surface area (Å²) in [5, 5.41) is 23.3. The van der Waals surface area contributed by atoms with E-state index >= 15 is 0 Å². The van der Waals surface area contributed by atoms with Crippen molar-refractivity contribution in [2.75, 3.05) is 13.2 Å². The van der Waals surface area contributed by atoms with Gasteiger partial charge in [-0.05, 0) is 64.2 Å². The second-order valence-electron chi connectivity index (χ2n) is 24.2. The fraction of sp³-hybridized carbons (Fsp3) is 0.889. The van der Waals surface area contributed by atoms with Crippen LogP contribution in [0.25, 0.3) is 0 Å². The highest BCUT2D eigenvalue weighted by molar-refractivity contribution is 5.76. The Labute approximate surface area is 487 Å². The molecule has 0 aromatic heterocycles. The Hall–Kier alpha value is -1.92. The lowest BCUT2D eigenvalue weighted by molar-refractivity contribution is -0.143. The molecule has 0 saturated carbocycles. The second-order valence-corrected chi connectivity index (χ2v) is 24.2. The lowest BCUT2D eigenvalue weighted by atomic mass is 10.0. The molecular weight excluding hydrogens is 959 g/mol. The quantitative estimate of drug-likeness (QED) is 0.0244. The first-order valence-electron chi connectivity index (χ1n) is 35.3. The third kappa shape index (κ3) is 63.3. The highest BCUT2D eigenvalue weighted by atomic mass is 16.5. The van der Waals surface area contributed by atoms with E-state index in [1.807, 2.05) is 6.08 Å². The number of carbonyl (C=O) groups is 2. The summed E-state index contributed by atoms with van der Waals surface area (Å²) in [4.78, 5) is 24.6. The largest absolute Gasteiger partial charge is 0.466 e. The van der Waals surface area contributed by atoms with Crippen molar-refractivity contribution in [2.24, 2.45) is 0 Å². The van der Waals surface area contributed by atoms with Gasteiger partial charge in [-0.3, -0.25) is 9.59 Å². The Morgan fingerprint density at radius 3 is 0.949 bits per heavy atom. The molecule has 0 aliphatic rings. The molecule has 0 fully saturated rings. The molecule has 0 saturated heterocycles. The Bertz CT molecular complexity index is 1260. The highest BCUT2D eigenvalue weighted by Gasteiger charge is 2.18. The minimum absolute atomic E-state index is 0.00899. The van der Waals surface area contributed by atoms with Crippen LogP contribution in [0, 0.1) is 0 Å². The monoisotopic (exact) mass is 1100 g/mol. The van der Waals surface area contributed by atoms with Gasteiger partial charge in [-0.15, -0.1) is 0 Å². The van der Waals surface area contributed by atoms with Crippen molar-refractivity contribution in [3.8, 4) is 0 Å². The third-order valence-electron chi connectivity index (χ3n) is 16.4. The number of allylic oxidation sites excluding steroid dienone is 5. The summed E-state index contributed by atoms with van der Waals surface area (Å²) in [6, 6.07) is -0.637. The van der Waals surface area contributed by atoms with E-state index in [0.717, 1.165) is 77.0 Å². The number of amides is 1. The van der Waals surface area contributed by atoms with Crippen LogP contribution in [0.1, 0.15) is 386 Å². The van der Waals surface area contributed by atoms with Gasteiger partial charge >= 0.3 is 5.97 Å². The zero-order valence-corrected chi connectivity index (χ0v) is 52.7. The smallest absolute Gasteiger partial charge is 0.305 e. The molecule has 0 aliphatic heterocycles. The van der Waals surface area contributed by atoms with Gasteiger partial charge < -0.3 is 20.3 Å². The molecule has 0 spiro atoms. The predicted molar refractivity (Wildman–Crippen MR) is 343 cm³/mol. The molecule has 0 aliphatic carbocycles. The summed E-state index contributed by atoms with van der Waals surface area (Å²) in [6.45, 7) is 4.90. The van der Waals surface area contributed by atoms with Gasteiger partial charge in [0.05, 0.1) is 25.4 Å². The van der Waals surface area contributed by atoms with Crippen molar-refractivity contribution in [3.63, 3.8) is 0 Å². The lowest BCUT2D eigenvalue weighted by Crippen LogP contribution is -2.45. The minimum Gasteiger partial charge on any atom is -0.466 e. The van der Waals surface area contributed by atoms with E-state index < -0.39 is 12.1 Å². The number of ether oxygens (including phenoxy) is 1. The number of carbonyl (C=O) groups excluding carboxylic acids is 2. The van der Waals surface area contributed by atoms with Gasteiger partial charge in [0.2, 0.25) is 5.91 Å². The van der Waals surface area contributed by atoms with Crippen molar-refractivity contribution in [2.45, 2.75) is 398 Å². The number of unbranched alkanes of at least 4 members (excludes halogenated alkanes) is 52. The molecule has 6 heteroatoms. The van der Waals surface area contributed by atoms with Crippen LogP contribution in [0.15, 0.2) is 36.5 Å². The van der Waals surface area contributed by atoms with Gasteiger partial charge in [-0.25, -0.2) is 0 Å². The molecule has 1 amide bonds. The summed E-state index contributed by atoms with van der Waals surface area (Å²) in [5.41, 5.74) is 0. The fourth-order valence-corrected chi connectivity index (χ4v) is 11.0. The number of hydrogen-bond acceptors (Lipinski definition) is 5. The number of hydrogen-bond donors (Lipinski definition) is 3. The van der Waals surface area contributed by atoms with Crippen LogP contribution in [0.2, 0.25) is 0 Å². The van der Waals surface area contributed by atoms with Gasteiger partial charge in [-0.2, -0.15) is 0 Å². The Balaban J connectivity index is 3.48. The topological polar surface area (TPSA) is 95.9 Å². The van der Waals surface area contributed by atoms with E-state index in [1.54, 1.807) is 6.08 Å². The summed E-state index contributed by atoms with van der Waals surface area (Å²) >= 11 is 0. The number of rotatable bonds is 66. The van der Waals surface area contributed by atoms with Crippen LogP contribution in [-0.4, -0.2) is 47.4 Å². The first-order valence-corrected chi connectivity index (χ1v) is 35.3.